The summed E-state index contributed by atoms with van der Waals surface area (Å²) in [6, 6.07) is 0.920. The molecule has 2 atom stereocenters. The second-order valence-corrected chi connectivity index (χ2v) is 5.66. The Labute approximate surface area is 103 Å². The molecule has 0 spiro atoms. The van der Waals surface area contributed by atoms with Crippen LogP contribution >= 0.6 is 0 Å². The van der Waals surface area contributed by atoms with E-state index in [0.717, 1.165) is 12.0 Å². The molecule has 0 amide bonds. The molecule has 0 aromatic rings. The molecule has 96 valence electrons. The summed E-state index contributed by atoms with van der Waals surface area (Å²) in [6.45, 7) is 5.96. The van der Waals surface area contributed by atoms with Crippen LogP contribution in [-0.2, 0) is 0 Å². The summed E-state index contributed by atoms with van der Waals surface area (Å²) in [4.78, 5) is 2.54. The summed E-state index contributed by atoms with van der Waals surface area (Å²) < 4.78 is 0. The SMILES string of the molecule is CCCCCC(CCCC)C[C@@H]1CCN1C. The quantitative estimate of drug-likeness (QED) is 0.523. The summed E-state index contributed by atoms with van der Waals surface area (Å²) in [5.74, 6) is 1.01. The van der Waals surface area contributed by atoms with Gasteiger partial charge < -0.3 is 4.90 Å². The highest BCUT2D eigenvalue weighted by molar-refractivity contribution is 4.82. The van der Waals surface area contributed by atoms with E-state index in [2.05, 4.69) is 25.8 Å². The number of hydrogen-bond donors (Lipinski definition) is 0. The monoisotopic (exact) mass is 225 g/mol. The van der Waals surface area contributed by atoms with Crippen molar-refractivity contribution in [1.82, 2.24) is 4.90 Å². The molecule has 1 saturated heterocycles. The van der Waals surface area contributed by atoms with E-state index < -0.39 is 0 Å². The Balaban J connectivity index is 2.19. The van der Waals surface area contributed by atoms with Gasteiger partial charge in [-0.15, -0.1) is 0 Å². The van der Waals surface area contributed by atoms with Crippen LogP contribution in [0.25, 0.3) is 0 Å². The Kier molecular flexibility index (Phi) is 7.11. The third-order valence-corrected chi connectivity index (χ3v) is 4.23. The van der Waals surface area contributed by atoms with Gasteiger partial charge in [0, 0.05) is 6.04 Å². The van der Waals surface area contributed by atoms with E-state index in [1.807, 2.05) is 0 Å². The van der Waals surface area contributed by atoms with Crippen LogP contribution in [0.2, 0.25) is 0 Å². The highest BCUT2D eigenvalue weighted by atomic mass is 15.2. The van der Waals surface area contributed by atoms with E-state index in [1.165, 1.54) is 64.3 Å². The first-order valence-corrected chi connectivity index (χ1v) is 7.48. The van der Waals surface area contributed by atoms with Crippen molar-refractivity contribution in [3.63, 3.8) is 0 Å². The van der Waals surface area contributed by atoms with E-state index in [-0.39, 0.29) is 0 Å². The highest BCUT2D eigenvalue weighted by Gasteiger charge is 2.26. The van der Waals surface area contributed by atoms with Crippen molar-refractivity contribution in [3.8, 4) is 0 Å². The Morgan fingerprint density at radius 3 is 2.25 bits per heavy atom. The minimum Gasteiger partial charge on any atom is -0.303 e. The first-order valence-electron chi connectivity index (χ1n) is 7.48. The normalized spacial score (nSPS) is 23.1. The van der Waals surface area contributed by atoms with Gasteiger partial charge in [0.2, 0.25) is 0 Å². The van der Waals surface area contributed by atoms with Gasteiger partial charge in [-0.3, -0.25) is 0 Å². The van der Waals surface area contributed by atoms with Gasteiger partial charge in [-0.2, -0.15) is 0 Å². The second-order valence-electron chi connectivity index (χ2n) is 5.66. The Morgan fingerprint density at radius 1 is 1.06 bits per heavy atom. The van der Waals surface area contributed by atoms with E-state index in [0.29, 0.717) is 0 Å². The molecule has 1 aliphatic heterocycles. The molecule has 0 aliphatic carbocycles. The van der Waals surface area contributed by atoms with Crippen LogP contribution in [0.15, 0.2) is 0 Å². The first kappa shape index (κ1) is 14.0. The molecular weight excluding hydrogens is 194 g/mol. The van der Waals surface area contributed by atoms with Gasteiger partial charge in [0.15, 0.2) is 0 Å². The topological polar surface area (TPSA) is 3.24 Å². The summed E-state index contributed by atoms with van der Waals surface area (Å²) in [7, 11) is 2.29. The average molecular weight is 225 g/mol. The predicted octanol–water partition coefficient (Wildman–Crippen LogP) is 4.47. The molecule has 0 radical (unpaired) electrons. The lowest BCUT2D eigenvalue weighted by Crippen LogP contribution is -2.45. The van der Waals surface area contributed by atoms with Crippen LogP contribution in [0, 0.1) is 5.92 Å². The van der Waals surface area contributed by atoms with E-state index >= 15 is 0 Å². The number of nitrogens with zero attached hydrogens (tertiary/aromatic N) is 1. The van der Waals surface area contributed by atoms with Crippen LogP contribution < -0.4 is 0 Å². The number of rotatable bonds is 9. The standard InChI is InChI=1S/C15H31N/c1-4-6-8-10-14(9-7-5-2)13-15-11-12-16(15)3/h14-15H,4-13H2,1-3H3/t14?,15-/m0/s1. The molecule has 1 rings (SSSR count). The maximum absolute atomic E-state index is 2.54. The van der Waals surface area contributed by atoms with Gasteiger partial charge in [-0.25, -0.2) is 0 Å². The van der Waals surface area contributed by atoms with Crippen molar-refractivity contribution >= 4 is 0 Å². The fraction of sp³-hybridized carbons (Fsp3) is 1.00. The van der Waals surface area contributed by atoms with E-state index in [9.17, 15) is 0 Å². The van der Waals surface area contributed by atoms with Gasteiger partial charge in [0.05, 0.1) is 0 Å². The van der Waals surface area contributed by atoms with Crippen molar-refractivity contribution in [2.24, 2.45) is 5.92 Å². The van der Waals surface area contributed by atoms with Crippen molar-refractivity contribution in [1.29, 1.82) is 0 Å². The Morgan fingerprint density at radius 2 is 1.75 bits per heavy atom. The van der Waals surface area contributed by atoms with E-state index in [4.69, 9.17) is 0 Å². The molecule has 1 heteroatoms. The second kappa shape index (κ2) is 8.11. The minimum atomic E-state index is 0.920. The molecule has 1 aliphatic rings. The summed E-state index contributed by atoms with van der Waals surface area (Å²) in [6.07, 6.45) is 12.9. The number of likely N-dealkylation sites (tertiary alicyclic amines) is 1. The van der Waals surface area contributed by atoms with Crippen molar-refractivity contribution in [2.75, 3.05) is 13.6 Å². The molecule has 0 bridgehead atoms. The molecule has 1 nitrogen and oxygen atoms in total. The molecular formula is C15H31N. The average Bonchev–Trinajstić information content (AvgIpc) is 2.30. The van der Waals surface area contributed by atoms with Crippen LogP contribution in [0.5, 0.6) is 0 Å². The zero-order valence-corrected chi connectivity index (χ0v) is 11.7. The lowest BCUT2D eigenvalue weighted by atomic mass is 9.85. The van der Waals surface area contributed by atoms with Crippen LogP contribution in [-0.4, -0.2) is 24.5 Å². The van der Waals surface area contributed by atoms with E-state index in [1.54, 1.807) is 0 Å². The highest BCUT2D eigenvalue weighted by Crippen LogP contribution is 2.28. The maximum Gasteiger partial charge on any atom is 0.0107 e. The zero-order chi connectivity index (χ0) is 11.8. The van der Waals surface area contributed by atoms with Crippen LogP contribution in [0.4, 0.5) is 0 Å². The zero-order valence-electron chi connectivity index (χ0n) is 11.7. The van der Waals surface area contributed by atoms with Gasteiger partial charge in [0.1, 0.15) is 0 Å². The number of unbranched alkanes of at least 4 members (excludes halogenated alkanes) is 3. The predicted molar refractivity (Wildman–Crippen MR) is 72.8 cm³/mol. The fourth-order valence-electron chi connectivity index (χ4n) is 2.81. The van der Waals surface area contributed by atoms with Gasteiger partial charge in [-0.1, -0.05) is 58.8 Å². The molecule has 16 heavy (non-hydrogen) atoms. The third kappa shape index (κ3) is 4.86. The van der Waals surface area contributed by atoms with Gasteiger partial charge >= 0.3 is 0 Å². The fourth-order valence-corrected chi connectivity index (χ4v) is 2.81. The van der Waals surface area contributed by atoms with Crippen molar-refractivity contribution in [3.05, 3.63) is 0 Å². The van der Waals surface area contributed by atoms with Crippen LogP contribution in [0.3, 0.4) is 0 Å². The summed E-state index contributed by atoms with van der Waals surface area (Å²) in [5.41, 5.74) is 0. The molecule has 0 aromatic carbocycles. The van der Waals surface area contributed by atoms with Crippen LogP contribution in [0.1, 0.15) is 71.6 Å². The first-order chi connectivity index (χ1) is 7.77. The van der Waals surface area contributed by atoms with Crippen molar-refractivity contribution in [2.45, 2.75) is 77.7 Å². The Bertz CT molecular complexity index is 167. The summed E-state index contributed by atoms with van der Waals surface area (Å²) >= 11 is 0. The lowest BCUT2D eigenvalue weighted by molar-refractivity contribution is 0.0971. The summed E-state index contributed by atoms with van der Waals surface area (Å²) in [5, 5.41) is 0. The van der Waals surface area contributed by atoms with Crippen molar-refractivity contribution < 1.29 is 0 Å². The molecule has 1 heterocycles. The molecule has 1 fully saturated rings. The van der Waals surface area contributed by atoms with Gasteiger partial charge in [0.25, 0.3) is 0 Å². The minimum absolute atomic E-state index is 0.920. The largest absolute Gasteiger partial charge is 0.303 e. The molecule has 0 N–H and O–H groups in total. The maximum atomic E-state index is 2.54. The molecule has 0 aromatic heterocycles. The Hall–Kier alpha value is -0.0400. The molecule has 1 unspecified atom stereocenters. The number of hydrogen-bond acceptors (Lipinski definition) is 1. The third-order valence-electron chi connectivity index (χ3n) is 4.23. The lowest BCUT2D eigenvalue weighted by Gasteiger charge is -2.40. The smallest absolute Gasteiger partial charge is 0.0107 e. The molecule has 0 saturated carbocycles. The van der Waals surface area contributed by atoms with Gasteiger partial charge in [-0.05, 0) is 32.4 Å².